The van der Waals surface area contributed by atoms with Crippen molar-refractivity contribution in [2.24, 2.45) is 0 Å². The van der Waals surface area contributed by atoms with Crippen LogP contribution in [0.1, 0.15) is 5.69 Å². The number of aryl methyl sites for hydroxylation is 1. The van der Waals surface area contributed by atoms with E-state index in [9.17, 15) is 0 Å². The zero-order chi connectivity index (χ0) is 15.2. The molecule has 0 N–H and O–H groups in total. The van der Waals surface area contributed by atoms with Crippen molar-refractivity contribution in [1.82, 2.24) is 9.88 Å². The van der Waals surface area contributed by atoms with E-state index in [-0.39, 0.29) is 0 Å². The Labute approximate surface area is 132 Å². The highest BCUT2D eigenvalue weighted by Gasteiger charge is 2.14. The number of morpholine rings is 2. The van der Waals surface area contributed by atoms with Crippen LogP contribution in [0.25, 0.3) is 0 Å². The minimum Gasteiger partial charge on any atom is -0.476 e. The van der Waals surface area contributed by atoms with Crippen LogP contribution in [0.3, 0.4) is 0 Å². The van der Waals surface area contributed by atoms with Crippen molar-refractivity contribution in [1.29, 1.82) is 0 Å². The lowest BCUT2D eigenvalue weighted by Gasteiger charge is -2.29. The summed E-state index contributed by atoms with van der Waals surface area (Å²) in [5.41, 5.74) is 2.17. The summed E-state index contributed by atoms with van der Waals surface area (Å²) in [5, 5.41) is 0. The van der Waals surface area contributed by atoms with Crippen LogP contribution < -0.4 is 9.64 Å². The molecule has 3 heterocycles. The van der Waals surface area contributed by atoms with Crippen LogP contribution >= 0.6 is 0 Å². The monoisotopic (exact) mass is 307 g/mol. The molecule has 1 aromatic rings. The first-order valence-electron chi connectivity index (χ1n) is 8.05. The summed E-state index contributed by atoms with van der Waals surface area (Å²) in [6.45, 7) is 10.7. The van der Waals surface area contributed by atoms with Gasteiger partial charge in [0.2, 0.25) is 5.88 Å². The van der Waals surface area contributed by atoms with Crippen LogP contribution in [0.5, 0.6) is 5.88 Å². The molecule has 2 aliphatic heterocycles. The van der Waals surface area contributed by atoms with Gasteiger partial charge in [-0.3, -0.25) is 4.90 Å². The van der Waals surface area contributed by atoms with Gasteiger partial charge in [0, 0.05) is 50.2 Å². The maximum atomic E-state index is 5.87. The van der Waals surface area contributed by atoms with E-state index in [1.165, 1.54) is 5.69 Å². The summed E-state index contributed by atoms with van der Waals surface area (Å²) in [7, 11) is 0. The second kappa shape index (κ2) is 7.76. The van der Waals surface area contributed by atoms with Crippen molar-refractivity contribution in [3.63, 3.8) is 0 Å². The van der Waals surface area contributed by atoms with Crippen molar-refractivity contribution < 1.29 is 14.2 Å². The number of anilines is 1. The third-order valence-electron chi connectivity index (χ3n) is 4.05. The van der Waals surface area contributed by atoms with Gasteiger partial charge in [0.15, 0.2) is 0 Å². The van der Waals surface area contributed by atoms with Crippen molar-refractivity contribution in [2.45, 2.75) is 6.92 Å². The fourth-order valence-corrected chi connectivity index (χ4v) is 2.80. The molecule has 0 radical (unpaired) electrons. The molecule has 3 rings (SSSR count). The molecule has 6 heteroatoms. The van der Waals surface area contributed by atoms with E-state index in [1.807, 2.05) is 13.0 Å². The largest absolute Gasteiger partial charge is 0.476 e. The molecule has 2 fully saturated rings. The Balaban J connectivity index is 1.54. The van der Waals surface area contributed by atoms with Crippen LogP contribution in [0.4, 0.5) is 5.69 Å². The van der Waals surface area contributed by atoms with E-state index in [0.717, 1.165) is 70.7 Å². The second-order valence-corrected chi connectivity index (χ2v) is 5.71. The summed E-state index contributed by atoms with van der Waals surface area (Å²) >= 11 is 0. The maximum Gasteiger partial charge on any atom is 0.215 e. The average Bonchev–Trinajstić information content (AvgIpc) is 2.56. The Morgan fingerprint density at radius 2 is 1.73 bits per heavy atom. The van der Waals surface area contributed by atoms with Gasteiger partial charge in [0.05, 0.1) is 26.4 Å². The maximum absolute atomic E-state index is 5.87. The molecule has 0 bridgehead atoms. The molecule has 2 saturated heterocycles. The fourth-order valence-electron chi connectivity index (χ4n) is 2.80. The average molecular weight is 307 g/mol. The van der Waals surface area contributed by atoms with E-state index < -0.39 is 0 Å². The molecule has 0 aromatic carbocycles. The van der Waals surface area contributed by atoms with Gasteiger partial charge in [-0.25, -0.2) is 4.98 Å². The molecule has 22 heavy (non-hydrogen) atoms. The van der Waals surface area contributed by atoms with Gasteiger partial charge in [0.1, 0.15) is 6.61 Å². The molecule has 0 spiro atoms. The highest BCUT2D eigenvalue weighted by molar-refractivity contribution is 5.50. The van der Waals surface area contributed by atoms with Crippen LogP contribution in [0.15, 0.2) is 12.1 Å². The number of hydrogen-bond acceptors (Lipinski definition) is 6. The van der Waals surface area contributed by atoms with E-state index in [2.05, 4.69) is 20.9 Å². The van der Waals surface area contributed by atoms with E-state index in [0.29, 0.717) is 6.61 Å². The summed E-state index contributed by atoms with van der Waals surface area (Å²) in [5.74, 6) is 0.717. The molecule has 0 aliphatic carbocycles. The van der Waals surface area contributed by atoms with Gasteiger partial charge >= 0.3 is 0 Å². The van der Waals surface area contributed by atoms with Crippen molar-refractivity contribution in [3.8, 4) is 5.88 Å². The quantitative estimate of drug-likeness (QED) is 0.807. The smallest absolute Gasteiger partial charge is 0.215 e. The second-order valence-electron chi connectivity index (χ2n) is 5.71. The lowest BCUT2D eigenvalue weighted by Crippen LogP contribution is -2.38. The predicted octanol–water partition coefficient (Wildman–Crippen LogP) is 0.938. The predicted molar refractivity (Wildman–Crippen MR) is 84.8 cm³/mol. The highest BCUT2D eigenvalue weighted by atomic mass is 16.5. The molecule has 6 nitrogen and oxygen atoms in total. The lowest BCUT2D eigenvalue weighted by atomic mass is 10.2. The minimum atomic E-state index is 0.666. The van der Waals surface area contributed by atoms with Gasteiger partial charge in [-0.05, 0) is 13.0 Å². The summed E-state index contributed by atoms with van der Waals surface area (Å²) in [4.78, 5) is 9.18. The first-order valence-corrected chi connectivity index (χ1v) is 8.05. The van der Waals surface area contributed by atoms with E-state index in [4.69, 9.17) is 14.2 Å². The minimum absolute atomic E-state index is 0.666. The zero-order valence-electron chi connectivity index (χ0n) is 13.3. The third-order valence-corrected chi connectivity index (χ3v) is 4.05. The van der Waals surface area contributed by atoms with Crippen molar-refractivity contribution in [2.75, 3.05) is 70.7 Å². The molecular weight excluding hydrogens is 282 g/mol. The number of hydrogen-bond donors (Lipinski definition) is 0. The van der Waals surface area contributed by atoms with Crippen LogP contribution in [0.2, 0.25) is 0 Å². The fraction of sp³-hybridized carbons (Fsp3) is 0.688. The van der Waals surface area contributed by atoms with E-state index >= 15 is 0 Å². The van der Waals surface area contributed by atoms with Gasteiger partial charge < -0.3 is 19.1 Å². The highest BCUT2D eigenvalue weighted by Crippen LogP contribution is 2.22. The number of nitrogens with zero attached hydrogens (tertiary/aromatic N) is 3. The summed E-state index contributed by atoms with van der Waals surface area (Å²) < 4.78 is 16.6. The lowest BCUT2D eigenvalue weighted by molar-refractivity contribution is 0.0320. The summed E-state index contributed by atoms with van der Waals surface area (Å²) in [6.07, 6.45) is 0. The van der Waals surface area contributed by atoms with Gasteiger partial charge in [0.25, 0.3) is 0 Å². The molecule has 0 amide bonds. The van der Waals surface area contributed by atoms with E-state index in [1.54, 1.807) is 0 Å². The Kier molecular flexibility index (Phi) is 5.48. The van der Waals surface area contributed by atoms with Crippen LogP contribution in [-0.4, -0.2) is 75.6 Å². The molecule has 122 valence electrons. The summed E-state index contributed by atoms with van der Waals surface area (Å²) in [6, 6.07) is 4.15. The molecule has 0 atom stereocenters. The standard InChI is InChI=1S/C16H25N3O3/c1-14-12-15(19-5-9-21-10-6-19)13-16(17-14)22-11-4-18-2-7-20-8-3-18/h12-13H,2-11H2,1H3. The number of pyridine rings is 1. The van der Waals surface area contributed by atoms with Crippen LogP contribution in [0, 0.1) is 6.92 Å². The third kappa shape index (κ3) is 4.32. The topological polar surface area (TPSA) is 47.1 Å². The van der Waals surface area contributed by atoms with Gasteiger partial charge in [-0.1, -0.05) is 0 Å². The van der Waals surface area contributed by atoms with Crippen molar-refractivity contribution in [3.05, 3.63) is 17.8 Å². The Morgan fingerprint density at radius 3 is 2.45 bits per heavy atom. The SMILES string of the molecule is Cc1cc(N2CCOCC2)cc(OCCN2CCOCC2)n1. The molecule has 0 saturated carbocycles. The van der Waals surface area contributed by atoms with Gasteiger partial charge in [-0.2, -0.15) is 0 Å². The van der Waals surface area contributed by atoms with Gasteiger partial charge in [-0.15, -0.1) is 0 Å². The van der Waals surface area contributed by atoms with Crippen LogP contribution in [-0.2, 0) is 9.47 Å². The number of aromatic nitrogens is 1. The molecule has 1 aromatic heterocycles. The number of ether oxygens (including phenoxy) is 3. The van der Waals surface area contributed by atoms with Crippen molar-refractivity contribution >= 4 is 5.69 Å². The Hall–Kier alpha value is -1.37. The molecule has 2 aliphatic rings. The number of rotatable bonds is 5. The Morgan fingerprint density at radius 1 is 1.05 bits per heavy atom. The molecular formula is C16H25N3O3. The molecule has 0 unspecified atom stereocenters. The first-order chi connectivity index (χ1) is 10.8. The first kappa shape index (κ1) is 15.5. The Bertz CT molecular complexity index is 472. The normalized spacial score (nSPS) is 20.1. The zero-order valence-corrected chi connectivity index (χ0v) is 13.3.